The summed E-state index contributed by atoms with van der Waals surface area (Å²) in [4.78, 5) is 12.9. The van der Waals surface area contributed by atoms with E-state index in [1.54, 1.807) is 6.08 Å². The zero-order valence-corrected chi connectivity index (χ0v) is 32.2. The van der Waals surface area contributed by atoms with Crippen LogP contribution in [-0.2, 0) is 28.9 Å². The Balaban J connectivity index is 2.65. The third kappa shape index (κ3) is 23.8. The normalized spacial score (nSPS) is 22.5. The van der Waals surface area contributed by atoms with Gasteiger partial charge in [0.25, 0.3) is 0 Å². The molecule has 300 valence electrons. The smallest absolute Gasteiger partial charge is 0.394 e. The third-order valence-electron chi connectivity index (χ3n) is 9.23. The zero-order valence-electron chi connectivity index (χ0n) is 31.4. The molecule has 0 radical (unpaired) electrons. The van der Waals surface area contributed by atoms with Crippen molar-refractivity contribution in [2.45, 2.75) is 198 Å². The molecule has 1 aliphatic heterocycles. The van der Waals surface area contributed by atoms with Gasteiger partial charge in [-0.1, -0.05) is 134 Å². The first kappa shape index (κ1) is 47.6. The van der Waals surface area contributed by atoms with Crippen LogP contribution in [0.1, 0.15) is 155 Å². The number of allylic oxidation sites excluding steroid dienone is 3. The Morgan fingerprint density at radius 2 is 1.27 bits per heavy atom. The summed E-state index contributed by atoms with van der Waals surface area (Å²) in [6, 6.07) is -0.943. The number of unbranched alkanes of at least 4 members (excludes halogenated alkanes) is 18. The van der Waals surface area contributed by atoms with Crippen LogP contribution in [0.5, 0.6) is 0 Å². The lowest BCUT2D eigenvalue weighted by Crippen LogP contribution is -2.61. The summed E-state index contributed by atoms with van der Waals surface area (Å²) >= 11 is 0. The second-order valence-corrected chi connectivity index (χ2v) is 14.9. The summed E-state index contributed by atoms with van der Waals surface area (Å²) < 4.78 is 47.3. The molecular formula is C38H71NO11S. The van der Waals surface area contributed by atoms with Crippen molar-refractivity contribution in [1.82, 2.24) is 5.32 Å². The highest BCUT2D eigenvalue weighted by Crippen LogP contribution is 2.26. The summed E-state index contributed by atoms with van der Waals surface area (Å²) in [5, 5.41) is 44.4. The fourth-order valence-corrected chi connectivity index (χ4v) is 6.59. The first-order valence-electron chi connectivity index (χ1n) is 19.7. The lowest BCUT2D eigenvalue weighted by Gasteiger charge is -2.41. The van der Waals surface area contributed by atoms with E-state index in [9.17, 15) is 33.6 Å². The average Bonchev–Trinajstić information content (AvgIpc) is 3.09. The molecule has 1 aliphatic rings. The van der Waals surface area contributed by atoms with Crippen LogP contribution in [0, 0.1) is 0 Å². The molecule has 1 heterocycles. The van der Waals surface area contributed by atoms with E-state index in [0.29, 0.717) is 6.42 Å². The van der Waals surface area contributed by atoms with Crippen LogP contribution in [0.4, 0.5) is 0 Å². The minimum Gasteiger partial charge on any atom is -0.394 e. The van der Waals surface area contributed by atoms with Crippen molar-refractivity contribution in [2.24, 2.45) is 0 Å². The van der Waals surface area contributed by atoms with E-state index < -0.39 is 59.9 Å². The van der Waals surface area contributed by atoms with Gasteiger partial charge in [0.15, 0.2) is 6.29 Å². The molecule has 1 amide bonds. The first-order valence-corrected chi connectivity index (χ1v) is 21.1. The number of aliphatic hydroxyl groups excluding tert-OH is 4. The Bertz CT molecular complexity index is 1030. The summed E-state index contributed by atoms with van der Waals surface area (Å²) in [6.07, 6.45) is 22.3. The number of aliphatic hydroxyl groups is 4. The second kappa shape index (κ2) is 30.0. The number of rotatable bonds is 32. The van der Waals surface area contributed by atoms with E-state index in [0.717, 1.165) is 57.8 Å². The predicted octanol–water partition coefficient (Wildman–Crippen LogP) is 6.21. The van der Waals surface area contributed by atoms with Gasteiger partial charge in [0.2, 0.25) is 5.91 Å². The zero-order chi connectivity index (χ0) is 37.7. The molecule has 1 fully saturated rings. The number of hydrogen-bond donors (Lipinski definition) is 6. The fourth-order valence-electron chi connectivity index (χ4n) is 6.08. The van der Waals surface area contributed by atoms with Gasteiger partial charge in [-0.3, -0.25) is 9.35 Å². The molecule has 0 aromatic rings. The highest BCUT2D eigenvalue weighted by atomic mass is 32.3. The van der Waals surface area contributed by atoms with Crippen molar-refractivity contribution in [3.05, 3.63) is 24.3 Å². The van der Waals surface area contributed by atoms with Gasteiger partial charge in [0.1, 0.15) is 24.4 Å². The molecule has 0 spiro atoms. The average molecular weight is 750 g/mol. The Labute approximate surface area is 308 Å². The van der Waals surface area contributed by atoms with Crippen LogP contribution >= 0.6 is 0 Å². The Kier molecular flexibility index (Phi) is 28.0. The highest BCUT2D eigenvalue weighted by Gasteiger charge is 2.48. The van der Waals surface area contributed by atoms with Gasteiger partial charge in [-0.2, -0.15) is 8.42 Å². The van der Waals surface area contributed by atoms with Crippen molar-refractivity contribution in [3.63, 3.8) is 0 Å². The number of carbonyl (C=O) groups excluding carboxylic acids is 1. The molecule has 0 aromatic carbocycles. The van der Waals surface area contributed by atoms with Crippen LogP contribution in [0.2, 0.25) is 0 Å². The van der Waals surface area contributed by atoms with Crippen LogP contribution in [0.3, 0.4) is 0 Å². The topological polar surface area (TPSA) is 192 Å². The standard InChI is InChI=1S/C38H71NO11S/c1-3-5-7-9-11-13-15-16-18-19-21-23-25-27-32(41)31(39-34(42)28-26-24-22-20-17-14-12-10-8-6-4-2)30-48-38-36(44)37(50-51(45,46)47)35(43)33(29-40)49-38/h10,12,25,27,31-33,35-38,40-41,43-44H,3-9,11,13-24,26,28-30H2,1-2H3,(H,39,42)(H,45,46,47)/b12-10-,27-25+. The molecule has 51 heavy (non-hydrogen) atoms. The Morgan fingerprint density at radius 3 is 1.82 bits per heavy atom. The van der Waals surface area contributed by atoms with Gasteiger partial charge < -0.3 is 35.2 Å². The van der Waals surface area contributed by atoms with E-state index in [4.69, 9.17) is 14.0 Å². The van der Waals surface area contributed by atoms with Crippen molar-refractivity contribution < 1.29 is 51.8 Å². The van der Waals surface area contributed by atoms with E-state index in [-0.39, 0.29) is 18.9 Å². The molecule has 0 aliphatic carbocycles. The number of ether oxygens (including phenoxy) is 2. The lowest BCUT2D eigenvalue weighted by molar-refractivity contribution is -0.298. The number of nitrogens with one attached hydrogen (secondary N) is 1. The van der Waals surface area contributed by atoms with Gasteiger partial charge in [0.05, 0.1) is 25.4 Å². The Hall–Kier alpha value is -1.42. The van der Waals surface area contributed by atoms with Crippen molar-refractivity contribution >= 4 is 16.3 Å². The molecule has 0 saturated carbocycles. The third-order valence-corrected chi connectivity index (χ3v) is 9.69. The van der Waals surface area contributed by atoms with E-state index in [1.165, 1.54) is 70.6 Å². The number of amides is 1. The number of carbonyl (C=O) groups is 1. The predicted molar refractivity (Wildman–Crippen MR) is 199 cm³/mol. The maximum atomic E-state index is 12.9. The minimum atomic E-state index is -5.08. The fraction of sp³-hybridized carbons (Fsp3) is 0.868. The quantitative estimate of drug-likeness (QED) is 0.0260. The number of hydrogen-bond acceptors (Lipinski definition) is 10. The van der Waals surface area contributed by atoms with Gasteiger partial charge in [-0.15, -0.1) is 0 Å². The van der Waals surface area contributed by atoms with Crippen molar-refractivity contribution in [2.75, 3.05) is 13.2 Å². The van der Waals surface area contributed by atoms with E-state index >= 15 is 0 Å². The van der Waals surface area contributed by atoms with Gasteiger partial charge in [0, 0.05) is 6.42 Å². The summed E-state index contributed by atoms with van der Waals surface area (Å²) in [6.45, 7) is 3.30. The largest absolute Gasteiger partial charge is 0.397 e. The first-order chi connectivity index (χ1) is 24.5. The molecule has 0 bridgehead atoms. The lowest BCUT2D eigenvalue weighted by atomic mass is 9.99. The maximum Gasteiger partial charge on any atom is 0.397 e. The van der Waals surface area contributed by atoms with E-state index in [2.05, 4.69) is 35.5 Å². The molecule has 0 aromatic heterocycles. The molecule has 13 heteroatoms. The van der Waals surface area contributed by atoms with Crippen LogP contribution in [-0.4, -0.2) is 95.4 Å². The molecule has 1 rings (SSSR count). The van der Waals surface area contributed by atoms with Crippen LogP contribution < -0.4 is 5.32 Å². The monoisotopic (exact) mass is 749 g/mol. The summed E-state index contributed by atoms with van der Waals surface area (Å²) in [5.41, 5.74) is 0. The van der Waals surface area contributed by atoms with Crippen molar-refractivity contribution in [1.29, 1.82) is 0 Å². The Morgan fingerprint density at radius 1 is 0.765 bits per heavy atom. The molecule has 7 unspecified atom stereocenters. The minimum absolute atomic E-state index is 0.258. The molecule has 6 N–H and O–H groups in total. The molecule has 7 atom stereocenters. The summed E-state index contributed by atoms with van der Waals surface area (Å²) in [7, 11) is -5.08. The maximum absolute atomic E-state index is 12.9. The van der Waals surface area contributed by atoms with Crippen LogP contribution in [0.25, 0.3) is 0 Å². The molecule has 1 saturated heterocycles. The SMILES string of the molecule is CCCC/C=C\CCCCCCCC(=O)NC(COC1OC(CO)C(O)C(OS(=O)(=O)O)C1O)C(O)/C=C/CCCCCCCCCCCCC. The molecular weight excluding hydrogens is 678 g/mol. The highest BCUT2D eigenvalue weighted by molar-refractivity contribution is 7.80. The van der Waals surface area contributed by atoms with Crippen LogP contribution in [0.15, 0.2) is 24.3 Å². The van der Waals surface area contributed by atoms with Crippen molar-refractivity contribution in [3.8, 4) is 0 Å². The van der Waals surface area contributed by atoms with Gasteiger partial charge >= 0.3 is 10.4 Å². The van der Waals surface area contributed by atoms with Gasteiger partial charge in [-0.05, 0) is 38.5 Å². The summed E-state index contributed by atoms with van der Waals surface area (Å²) in [5.74, 6) is -0.276. The second-order valence-electron chi connectivity index (χ2n) is 13.9. The van der Waals surface area contributed by atoms with E-state index in [1.807, 2.05) is 6.08 Å². The molecule has 12 nitrogen and oxygen atoms in total. The van der Waals surface area contributed by atoms with Gasteiger partial charge in [-0.25, -0.2) is 4.18 Å².